The number of carbonyl (C=O) groups is 1. The summed E-state index contributed by atoms with van der Waals surface area (Å²) in [4.78, 5) is 11.3. The van der Waals surface area contributed by atoms with Crippen LogP contribution in [0.2, 0.25) is 0 Å². The molecule has 0 aromatic heterocycles. The van der Waals surface area contributed by atoms with Gasteiger partial charge in [-0.1, -0.05) is 17.9 Å². The van der Waals surface area contributed by atoms with Crippen LogP contribution in [0.4, 0.5) is 26.3 Å². The second-order valence-corrected chi connectivity index (χ2v) is 8.65. The Kier molecular flexibility index (Phi) is 11.1. The molecule has 13 heteroatoms. The van der Waals surface area contributed by atoms with Crippen LogP contribution in [0.1, 0.15) is 25.0 Å². The van der Waals surface area contributed by atoms with Crippen LogP contribution in [0.5, 0.6) is 17.2 Å². The Morgan fingerprint density at radius 2 is 1.66 bits per heavy atom. The number of carboxylic acid groups (broad SMARTS) is 1. The molecule has 2 rings (SSSR count). The summed E-state index contributed by atoms with van der Waals surface area (Å²) in [5.74, 6) is 2.71. The van der Waals surface area contributed by atoms with Crippen molar-refractivity contribution in [2.24, 2.45) is 0 Å². The summed E-state index contributed by atoms with van der Waals surface area (Å²) in [6, 6.07) is 7.26. The smallest absolute Gasteiger partial charge is 0.488 e. The third-order valence-electron chi connectivity index (χ3n) is 4.44. The topological polar surface area (TPSA) is 74.2 Å². The number of rotatable bonds is 10. The molecule has 0 fully saturated rings. The van der Waals surface area contributed by atoms with E-state index in [1.54, 1.807) is 38.1 Å². The number of carboxylic acids is 1. The first-order valence-electron chi connectivity index (χ1n) is 10.8. The molecule has 38 heavy (non-hydrogen) atoms. The van der Waals surface area contributed by atoms with Crippen molar-refractivity contribution < 1.29 is 55.2 Å². The Morgan fingerprint density at radius 1 is 1.05 bits per heavy atom. The van der Waals surface area contributed by atoms with Crippen molar-refractivity contribution in [2.75, 3.05) is 13.2 Å². The zero-order valence-electron chi connectivity index (χ0n) is 19.9. The van der Waals surface area contributed by atoms with E-state index >= 15 is 0 Å². The normalized spacial score (nSPS) is 12.8. The molecular weight excluding hydrogens is 637 g/mol. The molecule has 1 N–H and O–H groups in total. The van der Waals surface area contributed by atoms with Crippen LogP contribution in [0.3, 0.4) is 0 Å². The van der Waals surface area contributed by atoms with Gasteiger partial charge >= 0.3 is 18.7 Å². The third-order valence-corrected chi connectivity index (χ3v) is 5.28. The molecule has 0 radical (unpaired) electrons. The average Bonchev–Trinajstić information content (AvgIpc) is 2.76. The molecule has 0 unspecified atom stereocenters. The molecule has 0 saturated carbocycles. The maximum Gasteiger partial charge on any atom is 0.573 e. The molecule has 0 bridgehead atoms. The highest BCUT2D eigenvalue weighted by atomic mass is 127. The molecule has 0 heterocycles. The van der Waals surface area contributed by atoms with Crippen LogP contribution in [0.15, 0.2) is 48.0 Å². The Balaban J connectivity index is 2.10. The van der Waals surface area contributed by atoms with Gasteiger partial charge < -0.3 is 24.1 Å². The number of halogens is 7. The predicted octanol–water partition coefficient (Wildman–Crippen LogP) is 6.50. The monoisotopic (exact) mass is 658 g/mol. The second kappa shape index (κ2) is 13.6. The number of alkyl halides is 6. The van der Waals surface area contributed by atoms with E-state index in [4.69, 9.17) is 9.47 Å². The van der Waals surface area contributed by atoms with E-state index in [9.17, 15) is 36.2 Å². The molecule has 0 spiro atoms. The van der Waals surface area contributed by atoms with Crippen LogP contribution in [0, 0.1) is 15.4 Å². The number of allylic oxidation sites excluding steroid dienone is 1. The van der Waals surface area contributed by atoms with Crippen molar-refractivity contribution in [1.29, 1.82) is 0 Å². The van der Waals surface area contributed by atoms with Gasteiger partial charge in [0, 0.05) is 24.7 Å². The molecular formula is C25H21F6IO6. The minimum Gasteiger partial charge on any atom is -0.488 e. The number of aliphatic carboxylic acids is 1. The standard InChI is InChI=1S/C25H21F6IO6/c1-3-35-22(23(33)34)13-17-6-7-21(20(32)12-17)36-9-8-15(2)4-5-16-10-18(37-24(26,27)28)14-19(11-16)38-25(29,30)31/h6-8,10-12,14,22H,3,9,13H2,1-2H3,(H,33,34)/b15-8+/t22-/m0/s1. The van der Waals surface area contributed by atoms with E-state index in [1.807, 2.05) is 22.6 Å². The van der Waals surface area contributed by atoms with E-state index in [1.165, 1.54) is 0 Å². The summed E-state index contributed by atoms with van der Waals surface area (Å²) >= 11 is 2.03. The molecule has 1 atom stereocenters. The summed E-state index contributed by atoms with van der Waals surface area (Å²) in [6.07, 6.45) is -9.46. The first-order chi connectivity index (χ1) is 17.6. The van der Waals surface area contributed by atoms with Crippen molar-refractivity contribution in [3.05, 3.63) is 62.7 Å². The molecule has 0 aliphatic heterocycles. The number of benzene rings is 2. The molecule has 206 valence electrons. The van der Waals surface area contributed by atoms with Crippen molar-refractivity contribution >= 4 is 28.6 Å². The Bertz CT molecular complexity index is 1180. The molecule has 0 amide bonds. The van der Waals surface area contributed by atoms with E-state index in [-0.39, 0.29) is 25.2 Å². The van der Waals surface area contributed by atoms with Crippen LogP contribution < -0.4 is 14.2 Å². The Labute approximate surface area is 227 Å². The Hall–Kier alpha value is -3.12. The Morgan fingerprint density at radius 3 is 2.16 bits per heavy atom. The van der Waals surface area contributed by atoms with Crippen molar-refractivity contribution in [1.82, 2.24) is 0 Å². The lowest BCUT2D eigenvalue weighted by molar-refractivity contribution is -0.276. The molecule has 0 aliphatic rings. The molecule has 6 nitrogen and oxygen atoms in total. The quantitative estimate of drug-likeness (QED) is 0.179. The van der Waals surface area contributed by atoms with Gasteiger partial charge in [-0.15, -0.1) is 26.3 Å². The number of hydrogen-bond acceptors (Lipinski definition) is 5. The highest BCUT2D eigenvalue weighted by Gasteiger charge is 2.33. The summed E-state index contributed by atoms with van der Waals surface area (Å²) in [5.41, 5.74) is 0.973. The van der Waals surface area contributed by atoms with Gasteiger partial charge in [-0.2, -0.15) is 0 Å². The molecule has 2 aromatic carbocycles. The minimum absolute atomic E-state index is 0.0617. The molecule has 2 aromatic rings. The third kappa shape index (κ3) is 11.5. The largest absolute Gasteiger partial charge is 0.573 e. The fraction of sp³-hybridized carbons (Fsp3) is 0.320. The van der Waals surface area contributed by atoms with Crippen LogP contribution in [-0.4, -0.2) is 43.1 Å². The first-order valence-corrected chi connectivity index (χ1v) is 11.8. The van der Waals surface area contributed by atoms with Gasteiger partial charge in [0.1, 0.15) is 23.9 Å². The zero-order valence-corrected chi connectivity index (χ0v) is 22.0. The highest BCUT2D eigenvalue weighted by molar-refractivity contribution is 14.1. The van der Waals surface area contributed by atoms with Gasteiger partial charge in [-0.3, -0.25) is 0 Å². The molecule has 0 aliphatic carbocycles. The lowest BCUT2D eigenvalue weighted by Gasteiger charge is -2.13. The van der Waals surface area contributed by atoms with Crippen LogP contribution in [0.25, 0.3) is 0 Å². The lowest BCUT2D eigenvalue weighted by atomic mass is 10.1. The predicted molar refractivity (Wildman–Crippen MR) is 132 cm³/mol. The van der Waals surface area contributed by atoms with Gasteiger partial charge in [0.25, 0.3) is 0 Å². The van der Waals surface area contributed by atoms with E-state index in [0.717, 1.165) is 21.3 Å². The van der Waals surface area contributed by atoms with Gasteiger partial charge in [0.2, 0.25) is 0 Å². The first kappa shape index (κ1) is 31.1. The van der Waals surface area contributed by atoms with Gasteiger partial charge in [0.05, 0.1) is 3.57 Å². The van der Waals surface area contributed by atoms with Crippen molar-refractivity contribution in [2.45, 2.75) is 39.1 Å². The van der Waals surface area contributed by atoms with E-state index in [0.29, 0.717) is 17.4 Å². The van der Waals surface area contributed by atoms with Crippen LogP contribution >= 0.6 is 22.6 Å². The highest BCUT2D eigenvalue weighted by Crippen LogP contribution is 2.31. The summed E-state index contributed by atoms with van der Waals surface area (Å²) < 4.78 is 94.2. The fourth-order valence-corrected chi connectivity index (χ4v) is 3.66. The fourth-order valence-electron chi connectivity index (χ4n) is 2.93. The minimum atomic E-state index is -5.12. The van der Waals surface area contributed by atoms with Gasteiger partial charge in [-0.25, -0.2) is 4.79 Å². The summed E-state index contributed by atoms with van der Waals surface area (Å²) in [6.45, 7) is 3.61. The number of ether oxygens (including phenoxy) is 4. The summed E-state index contributed by atoms with van der Waals surface area (Å²) in [5, 5.41) is 9.22. The van der Waals surface area contributed by atoms with Crippen LogP contribution in [-0.2, 0) is 16.0 Å². The number of hydrogen-bond donors (Lipinski definition) is 1. The summed E-state index contributed by atoms with van der Waals surface area (Å²) in [7, 11) is 0. The molecule has 0 saturated heterocycles. The van der Waals surface area contributed by atoms with Gasteiger partial charge in [0.15, 0.2) is 6.10 Å². The van der Waals surface area contributed by atoms with Crippen molar-refractivity contribution in [3.8, 4) is 29.1 Å². The van der Waals surface area contributed by atoms with E-state index in [2.05, 4.69) is 21.3 Å². The van der Waals surface area contributed by atoms with Gasteiger partial charge in [-0.05, 0) is 77.9 Å². The average molecular weight is 658 g/mol. The second-order valence-electron chi connectivity index (χ2n) is 7.49. The lowest BCUT2D eigenvalue weighted by Crippen LogP contribution is -2.26. The SMILES string of the molecule is CCO[C@@H](Cc1ccc(OC/C=C(\C)C#Cc2cc(OC(F)(F)F)cc(OC(F)(F)F)c2)c(I)c1)C(=O)O. The van der Waals surface area contributed by atoms with Crippen molar-refractivity contribution in [3.63, 3.8) is 0 Å². The van der Waals surface area contributed by atoms with E-state index < -0.39 is 36.3 Å². The maximum atomic E-state index is 12.5. The maximum absolute atomic E-state index is 12.5. The zero-order chi connectivity index (χ0) is 28.5.